The molecular weight excluding hydrogens is 252 g/mol. The zero-order chi connectivity index (χ0) is 13.9. The summed E-state index contributed by atoms with van der Waals surface area (Å²) in [6, 6.07) is 2.03. The summed E-state index contributed by atoms with van der Waals surface area (Å²) in [6.45, 7) is 8.83. The molecule has 6 heteroatoms. The zero-order valence-corrected chi connectivity index (χ0v) is 12.2. The lowest BCUT2D eigenvalue weighted by Gasteiger charge is -2.31. The first-order valence-electron chi connectivity index (χ1n) is 7.40. The molecule has 0 aromatic carbocycles. The Morgan fingerprint density at radius 2 is 2.15 bits per heavy atom. The molecule has 1 aliphatic heterocycles. The van der Waals surface area contributed by atoms with Crippen LogP contribution in [0.1, 0.15) is 25.5 Å². The van der Waals surface area contributed by atoms with Gasteiger partial charge in [0.2, 0.25) is 0 Å². The van der Waals surface area contributed by atoms with Gasteiger partial charge in [-0.2, -0.15) is 14.6 Å². The number of hydrogen-bond acceptors (Lipinski definition) is 5. The van der Waals surface area contributed by atoms with Crippen LogP contribution in [0.25, 0.3) is 5.78 Å². The minimum absolute atomic E-state index is 0.660. The monoisotopic (exact) mass is 274 g/mol. The van der Waals surface area contributed by atoms with Crippen molar-refractivity contribution in [3.05, 3.63) is 18.1 Å². The Labute approximate surface area is 119 Å². The quantitative estimate of drug-likeness (QED) is 0.917. The number of aromatic nitrogens is 4. The molecule has 3 rings (SSSR count). The topological polar surface area (TPSA) is 58.3 Å². The number of fused-ring (bicyclic) bond motifs is 1. The smallest absolute Gasteiger partial charge is 0.254 e. The first kappa shape index (κ1) is 13.3. The number of nitrogens with zero attached hydrogens (tertiary/aromatic N) is 5. The molecule has 1 saturated heterocycles. The lowest BCUT2D eigenvalue weighted by Crippen LogP contribution is -2.35. The van der Waals surface area contributed by atoms with Crippen molar-refractivity contribution in [3.63, 3.8) is 0 Å². The van der Waals surface area contributed by atoms with E-state index in [1.54, 1.807) is 10.8 Å². The predicted molar refractivity (Wildman–Crippen MR) is 78.8 cm³/mol. The van der Waals surface area contributed by atoms with E-state index in [0.29, 0.717) is 5.78 Å². The summed E-state index contributed by atoms with van der Waals surface area (Å²) in [5.74, 6) is 2.39. The van der Waals surface area contributed by atoms with Gasteiger partial charge in [0.05, 0.1) is 0 Å². The first-order chi connectivity index (χ1) is 9.76. The minimum Gasteiger partial charge on any atom is -0.370 e. The maximum atomic E-state index is 4.35. The molecule has 2 aromatic rings. The van der Waals surface area contributed by atoms with Gasteiger partial charge in [-0.1, -0.05) is 6.92 Å². The summed E-state index contributed by atoms with van der Waals surface area (Å²) in [5, 5.41) is 7.74. The summed E-state index contributed by atoms with van der Waals surface area (Å²) in [5.41, 5.74) is 0.966. The van der Waals surface area contributed by atoms with E-state index in [9.17, 15) is 0 Å². The van der Waals surface area contributed by atoms with E-state index < -0.39 is 0 Å². The van der Waals surface area contributed by atoms with Crippen LogP contribution in [-0.2, 0) is 0 Å². The summed E-state index contributed by atoms with van der Waals surface area (Å²) in [7, 11) is 0. The van der Waals surface area contributed by atoms with Gasteiger partial charge in [0.25, 0.3) is 5.78 Å². The lowest BCUT2D eigenvalue weighted by molar-refractivity contribution is 0.198. The Balaban J connectivity index is 1.64. The van der Waals surface area contributed by atoms with Crippen LogP contribution in [-0.4, -0.2) is 50.7 Å². The highest BCUT2D eigenvalue weighted by Crippen LogP contribution is 2.18. The molecule has 0 saturated carbocycles. The van der Waals surface area contributed by atoms with Crippen LogP contribution in [0.2, 0.25) is 0 Å². The van der Waals surface area contributed by atoms with Crippen LogP contribution < -0.4 is 5.32 Å². The van der Waals surface area contributed by atoms with Gasteiger partial charge in [-0.15, -0.1) is 0 Å². The molecule has 1 fully saturated rings. The van der Waals surface area contributed by atoms with E-state index in [0.717, 1.165) is 24.0 Å². The third-order valence-corrected chi connectivity index (χ3v) is 4.11. The fourth-order valence-corrected chi connectivity index (χ4v) is 2.81. The SMILES string of the molecule is CCN1CCC(CNc2cc(C)nc3ncnn23)CC1. The number of piperidine rings is 1. The van der Waals surface area contributed by atoms with Crippen LogP contribution >= 0.6 is 0 Å². The van der Waals surface area contributed by atoms with Crippen molar-refractivity contribution in [1.82, 2.24) is 24.5 Å². The largest absolute Gasteiger partial charge is 0.370 e. The molecule has 0 aliphatic carbocycles. The Hall–Kier alpha value is -1.69. The van der Waals surface area contributed by atoms with Crippen molar-refractivity contribution in [1.29, 1.82) is 0 Å². The van der Waals surface area contributed by atoms with Crippen LogP contribution in [0.15, 0.2) is 12.4 Å². The van der Waals surface area contributed by atoms with Gasteiger partial charge in [-0.05, 0) is 45.3 Å². The molecule has 0 unspecified atom stereocenters. The fraction of sp³-hybridized carbons (Fsp3) is 0.643. The molecule has 0 bridgehead atoms. The second-order valence-electron chi connectivity index (χ2n) is 5.51. The molecule has 20 heavy (non-hydrogen) atoms. The zero-order valence-electron chi connectivity index (χ0n) is 12.2. The number of rotatable bonds is 4. The summed E-state index contributed by atoms with van der Waals surface area (Å²) >= 11 is 0. The standard InChI is InChI=1S/C14H22N6/c1-3-19-6-4-12(5-7-19)9-15-13-8-11(2)18-14-16-10-17-20(13)14/h8,10,12,15H,3-7,9H2,1-2H3. The van der Waals surface area contributed by atoms with Crippen molar-refractivity contribution in [2.24, 2.45) is 5.92 Å². The molecule has 0 spiro atoms. The summed E-state index contributed by atoms with van der Waals surface area (Å²) < 4.78 is 1.77. The molecule has 2 aromatic heterocycles. The second kappa shape index (κ2) is 5.75. The number of aryl methyl sites for hydroxylation is 1. The van der Waals surface area contributed by atoms with Gasteiger partial charge in [-0.25, -0.2) is 4.98 Å². The van der Waals surface area contributed by atoms with Gasteiger partial charge in [-0.3, -0.25) is 0 Å². The lowest BCUT2D eigenvalue weighted by atomic mass is 9.97. The van der Waals surface area contributed by atoms with Gasteiger partial charge in [0.1, 0.15) is 12.1 Å². The van der Waals surface area contributed by atoms with Gasteiger partial charge in [0.15, 0.2) is 0 Å². The first-order valence-corrected chi connectivity index (χ1v) is 7.40. The molecule has 1 N–H and O–H groups in total. The maximum Gasteiger partial charge on any atom is 0.254 e. The van der Waals surface area contributed by atoms with Crippen molar-refractivity contribution < 1.29 is 0 Å². The molecule has 0 amide bonds. The van der Waals surface area contributed by atoms with Crippen molar-refractivity contribution in [2.45, 2.75) is 26.7 Å². The molecular formula is C14H22N6. The molecule has 1 aliphatic rings. The average molecular weight is 274 g/mol. The van der Waals surface area contributed by atoms with Gasteiger partial charge in [0, 0.05) is 18.3 Å². The number of hydrogen-bond donors (Lipinski definition) is 1. The number of anilines is 1. The maximum absolute atomic E-state index is 4.35. The Morgan fingerprint density at radius 3 is 2.90 bits per heavy atom. The highest BCUT2D eigenvalue weighted by molar-refractivity contribution is 5.44. The summed E-state index contributed by atoms with van der Waals surface area (Å²) in [4.78, 5) is 11.0. The third-order valence-electron chi connectivity index (χ3n) is 4.11. The van der Waals surface area contributed by atoms with E-state index in [-0.39, 0.29) is 0 Å². The minimum atomic E-state index is 0.660. The Morgan fingerprint density at radius 1 is 1.35 bits per heavy atom. The highest BCUT2D eigenvalue weighted by atomic mass is 15.3. The summed E-state index contributed by atoms with van der Waals surface area (Å²) in [6.07, 6.45) is 4.09. The second-order valence-corrected chi connectivity index (χ2v) is 5.51. The average Bonchev–Trinajstić information content (AvgIpc) is 2.93. The van der Waals surface area contributed by atoms with Crippen molar-refractivity contribution in [3.8, 4) is 0 Å². The number of nitrogens with one attached hydrogen (secondary N) is 1. The molecule has 6 nitrogen and oxygen atoms in total. The van der Waals surface area contributed by atoms with Crippen LogP contribution in [0.5, 0.6) is 0 Å². The van der Waals surface area contributed by atoms with Crippen molar-refractivity contribution in [2.75, 3.05) is 31.5 Å². The predicted octanol–water partition coefficient (Wildman–Crippen LogP) is 1.58. The van der Waals surface area contributed by atoms with Gasteiger partial charge < -0.3 is 10.2 Å². The van der Waals surface area contributed by atoms with Gasteiger partial charge >= 0.3 is 0 Å². The molecule has 3 heterocycles. The normalized spacial score (nSPS) is 17.7. The highest BCUT2D eigenvalue weighted by Gasteiger charge is 2.18. The number of likely N-dealkylation sites (tertiary alicyclic amines) is 1. The van der Waals surface area contributed by atoms with Crippen LogP contribution in [0.3, 0.4) is 0 Å². The van der Waals surface area contributed by atoms with Crippen molar-refractivity contribution >= 4 is 11.6 Å². The molecule has 0 atom stereocenters. The molecule has 0 radical (unpaired) electrons. The van der Waals surface area contributed by atoms with E-state index in [1.807, 2.05) is 13.0 Å². The van der Waals surface area contributed by atoms with E-state index >= 15 is 0 Å². The van der Waals surface area contributed by atoms with Crippen LogP contribution in [0, 0.1) is 12.8 Å². The fourth-order valence-electron chi connectivity index (χ4n) is 2.81. The van der Waals surface area contributed by atoms with E-state index in [1.165, 1.54) is 32.5 Å². The molecule has 108 valence electrons. The third kappa shape index (κ3) is 2.75. The van der Waals surface area contributed by atoms with Crippen LogP contribution in [0.4, 0.5) is 5.82 Å². The Kier molecular flexibility index (Phi) is 3.82. The van der Waals surface area contributed by atoms with E-state index in [4.69, 9.17) is 0 Å². The van der Waals surface area contributed by atoms with E-state index in [2.05, 4.69) is 32.2 Å². The Bertz CT molecular complexity index is 570.